The number of benzene rings is 2. The van der Waals surface area contributed by atoms with Crippen molar-refractivity contribution >= 4 is 28.9 Å². The Bertz CT molecular complexity index is 1230. The van der Waals surface area contributed by atoms with Crippen molar-refractivity contribution in [2.75, 3.05) is 5.32 Å². The summed E-state index contributed by atoms with van der Waals surface area (Å²) in [6.45, 7) is 4.48. The Morgan fingerprint density at radius 3 is 2.48 bits per heavy atom. The number of alkyl halides is 3. The highest BCUT2D eigenvalue weighted by atomic mass is 35.5. The van der Waals surface area contributed by atoms with Crippen LogP contribution in [0.2, 0.25) is 5.02 Å². The first-order chi connectivity index (χ1) is 15.4. The number of aromatic nitrogens is 2. The Morgan fingerprint density at radius 2 is 1.91 bits per heavy atom. The Hall–Kier alpha value is -3.60. The second-order valence-electron chi connectivity index (χ2n) is 7.25. The number of nitrogens with one attached hydrogen (secondary N) is 1. The van der Waals surface area contributed by atoms with Gasteiger partial charge in [-0.2, -0.15) is 18.3 Å². The number of hydrogen-bond acceptors (Lipinski definition) is 5. The van der Waals surface area contributed by atoms with E-state index in [1.807, 2.05) is 13.0 Å². The summed E-state index contributed by atoms with van der Waals surface area (Å²) in [5, 5.41) is 16.6. The molecule has 1 N–H and O–H groups in total. The molecule has 0 radical (unpaired) electrons. The molecular formula is C21H18ClF3N4O4. The summed E-state index contributed by atoms with van der Waals surface area (Å²) in [7, 11) is 0. The molecule has 8 nitrogen and oxygen atoms in total. The van der Waals surface area contributed by atoms with Gasteiger partial charge in [-0.15, -0.1) is 0 Å². The molecule has 1 atom stereocenters. The number of carbonyl (C=O) groups is 1. The van der Waals surface area contributed by atoms with Crippen LogP contribution in [0.15, 0.2) is 42.5 Å². The van der Waals surface area contributed by atoms with Crippen LogP contribution < -0.4 is 10.1 Å². The van der Waals surface area contributed by atoms with Crippen LogP contribution in [0.1, 0.15) is 29.9 Å². The van der Waals surface area contributed by atoms with Crippen LogP contribution in [-0.2, 0) is 11.0 Å². The molecule has 0 fully saturated rings. The molecule has 0 aliphatic carbocycles. The van der Waals surface area contributed by atoms with E-state index in [2.05, 4.69) is 10.4 Å². The number of nitrogens with zero attached hydrogens (tertiary/aromatic N) is 3. The molecule has 0 saturated heterocycles. The van der Waals surface area contributed by atoms with Crippen LogP contribution in [0.3, 0.4) is 0 Å². The quantitative estimate of drug-likeness (QED) is 0.339. The summed E-state index contributed by atoms with van der Waals surface area (Å²) in [6.07, 6.45) is -4.79. The first-order valence-corrected chi connectivity index (χ1v) is 9.91. The van der Waals surface area contributed by atoms with Crippen molar-refractivity contribution in [3.8, 4) is 11.5 Å². The number of non-ortho nitro benzene ring substituents is 1. The number of aryl methyl sites for hydroxylation is 1. The van der Waals surface area contributed by atoms with E-state index in [1.165, 1.54) is 26.0 Å². The predicted octanol–water partition coefficient (Wildman–Crippen LogP) is 6.07. The first kappa shape index (κ1) is 24.1. The van der Waals surface area contributed by atoms with Crippen LogP contribution in [-0.4, -0.2) is 20.6 Å². The number of carbonyl (C=O) groups excluding carboxylic acids is 1. The van der Waals surface area contributed by atoms with E-state index >= 15 is 0 Å². The van der Waals surface area contributed by atoms with E-state index in [1.54, 1.807) is 18.2 Å². The van der Waals surface area contributed by atoms with E-state index < -0.39 is 33.8 Å². The Balaban J connectivity index is 1.88. The molecule has 1 unspecified atom stereocenters. The minimum Gasteiger partial charge on any atom is -0.457 e. The maximum atomic E-state index is 13.1. The topological polar surface area (TPSA) is 99.3 Å². The third-order valence-corrected chi connectivity index (χ3v) is 5.14. The zero-order chi connectivity index (χ0) is 24.5. The third kappa shape index (κ3) is 5.43. The highest BCUT2D eigenvalue weighted by Gasteiger charge is 2.39. The third-order valence-electron chi connectivity index (χ3n) is 4.69. The van der Waals surface area contributed by atoms with Crippen molar-refractivity contribution in [1.29, 1.82) is 0 Å². The monoisotopic (exact) mass is 482 g/mol. The summed E-state index contributed by atoms with van der Waals surface area (Å²) < 4.78 is 45.8. The van der Waals surface area contributed by atoms with Crippen LogP contribution in [0.25, 0.3) is 0 Å². The average molecular weight is 483 g/mol. The minimum absolute atomic E-state index is 0.0238. The van der Waals surface area contributed by atoms with Crippen LogP contribution in [0, 0.1) is 24.0 Å². The van der Waals surface area contributed by atoms with Gasteiger partial charge in [-0.25, -0.2) is 0 Å². The molecule has 1 heterocycles. The second kappa shape index (κ2) is 9.10. The van der Waals surface area contributed by atoms with Crippen molar-refractivity contribution in [2.45, 2.75) is 33.0 Å². The SMILES string of the molecule is Cc1cccc(Oc2cc(NC(=O)C(C)n3nc(C(F)(F)F)c(Cl)c3C)cc([N+](=O)[O-])c2)c1. The number of rotatable bonds is 6. The van der Waals surface area contributed by atoms with Gasteiger partial charge >= 0.3 is 6.18 Å². The van der Waals surface area contributed by atoms with Gasteiger partial charge in [0.05, 0.1) is 27.4 Å². The van der Waals surface area contributed by atoms with Gasteiger partial charge in [0.1, 0.15) is 17.5 Å². The summed E-state index contributed by atoms with van der Waals surface area (Å²) in [5.41, 5.74) is -0.761. The van der Waals surface area contributed by atoms with Crippen LogP contribution in [0.4, 0.5) is 24.5 Å². The van der Waals surface area contributed by atoms with E-state index in [0.29, 0.717) is 5.75 Å². The molecule has 0 aliphatic rings. The second-order valence-corrected chi connectivity index (χ2v) is 7.62. The fraction of sp³-hybridized carbons (Fsp3) is 0.238. The van der Waals surface area contributed by atoms with E-state index in [4.69, 9.17) is 16.3 Å². The predicted molar refractivity (Wildman–Crippen MR) is 115 cm³/mol. The molecule has 1 amide bonds. The molecular weight excluding hydrogens is 465 g/mol. The Morgan fingerprint density at radius 1 is 1.21 bits per heavy atom. The zero-order valence-corrected chi connectivity index (χ0v) is 18.4. The number of nitro benzene ring substituents is 1. The molecule has 0 bridgehead atoms. The molecule has 0 saturated carbocycles. The lowest BCUT2D eigenvalue weighted by Crippen LogP contribution is -2.25. The standard InChI is InChI=1S/C21H18ClF3N4O4/c1-11-5-4-6-16(7-11)33-17-9-14(8-15(10-17)29(31)32)26-20(30)13(3)28-12(2)18(22)19(27-28)21(23,24)25/h4-10,13H,1-3H3,(H,26,30). The lowest BCUT2D eigenvalue weighted by atomic mass is 10.2. The fourth-order valence-corrected chi connectivity index (χ4v) is 3.28. The molecule has 12 heteroatoms. The van der Waals surface area contributed by atoms with Crippen molar-refractivity contribution in [1.82, 2.24) is 9.78 Å². The maximum Gasteiger partial charge on any atom is 0.436 e. The Labute approximate surface area is 191 Å². The Kier molecular flexibility index (Phi) is 6.63. The number of amides is 1. The van der Waals surface area contributed by atoms with Gasteiger partial charge in [0.2, 0.25) is 5.91 Å². The summed E-state index contributed by atoms with van der Waals surface area (Å²) in [6, 6.07) is 9.45. The lowest BCUT2D eigenvalue weighted by molar-refractivity contribution is -0.384. The fourth-order valence-electron chi connectivity index (χ4n) is 3.05. The van der Waals surface area contributed by atoms with Crippen molar-refractivity contribution in [3.63, 3.8) is 0 Å². The molecule has 1 aromatic heterocycles. The van der Waals surface area contributed by atoms with Crippen molar-refractivity contribution < 1.29 is 27.6 Å². The summed E-state index contributed by atoms with van der Waals surface area (Å²) >= 11 is 5.75. The van der Waals surface area contributed by atoms with Gasteiger partial charge in [0.25, 0.3) is 5.69 Å². The smallest absolute Gasteiger partial charge is 0.436 e. The van der Waals surface area contributed by atoms with Gasteiger partial charge in [-0.1, -0.05) is 23.7 Å². The molecule has 0 aliphatic heterocycles. The lowest BCUT2D eigenvalue weighted by Gasteiger charge is -2.15. The number of anilines is 1. The number of ether oxygens (including phenoxy) is 1. The van der Waals surface area contributed by atoms with Crippen molar-refractivity contribution in [3.05, 3.63) is 74.6 Å². The van der Waals surface area contributed by atoms with E-state index in [-0.39, 0.29) is 22.8 Å². The minimum atomic E-state index is -4.79. The molecule has 33 heavy (non-hydrogen) atoms. The number of nitro groups is 1. The average Bonchev–Trinajstić information content (AvgIpc) is 3.02. The molecule has 2 aromatic carbocycles. The maximum absolute atomic E-state index is 13.1. The van der Waals surface area contributed by atoms with E-state index in [9.17, 15) is 28.1 Å². The molecule has 3 aromatic rings. The summed E-state index contributed by atoms with van der Waals surface area (Å²) in [4.78, 5) is 23.4. The van der Waals surface area contributed by atoms with Crippen LogP contribution >= 0.6 is 11.6 Å². The summed E-state index contributed by atoms with van der Waals surface area (Å²) in [5.74, 6) is -0.231. The van der Waals surface area contributed by atoms with Gasteiger partial charge in [0, 0.05) is 12.1 Å². The first-order valence-electron chi connectivity index (χ1n) is 9.53. The van der Waals surface area contributed by atoms with Gasteiger partial charge in [0.15, 0.2) is 5.69 Å². The molecule has 174 valence electrons. The highest BCUT2D eigenvalue weighted by Crippen LogP contribution is 2.36. The van der Waals surface area contributed by atoms with Gasteiger partial charge < -0.3 is 10.1 Å². The molecule has 3 rings (SSSR count). The zero-order valence-electron chi connectivity index (χ0n) is 17.6. The largest absolute Gasteiger partial charge is 0.457 e. The normalized spacial score (nSPS) is 12.3. The van der Waals surface area contributed by atoms with Crippen molar-refractivity contribution in [2.24, 2.45) is 0 Å². The highest BCUT2D eigenvalue weighted by molar-refractivity contribution is 6.32. The van der Waals surface area contributed by atoms with E-state index in [0.717, 1.165) is 16.3 Å². The molecule has 0 spiro atoms. The van der Waals surface area contributed by atoms with Gasteiger partial charge in [-0.3, -0.25) is 19.6 Å². The number of halogens is 4. The number of hydrogen-bond donors (Lipinski definition) is 1. The van der Waals surface area contributed by atoms with Gasteiger partial charge in [-0.05, 0) is 38.5 Å². The van der Waals surface area contributed by atoms with Crippen LogP contribution in [0.5, 0.6) is 11.5 Å².